The number of benzene rings is 1. The number of nitrogens with zero attached hydrogens (tertiary/aromatic N) is 3. The lowest BCUT2D eigenvalue weighted by atomic mass is 10.0. The zero-order chi connectivity index (χ0) is 13.1. The van der Waals surface area contributed by atoms with Crippen LogP contribution in [0.2, 0.25) is 0 Å². The smallest absolute Gasteiger partial charge is 0.138 e. The summed E-state index contributed by atoms with van der Waals surface area (Å²) >= 11 is 3.23. The summed E-state index contributed by atoms with van der Waals surface area (Å²) in [5.74, 6) is 6.00. The van der Waals surface area contributed by atoms with Crippen molar-refractivity contribution in [2.45, 2.75) is 12.5 Å². The summed E-state index contributed by atoms with van der Waals surface area (Å²) in [6.07, 6.45) is 2.00. The summed E-state index contributed by atoms with van der Waals surface area (Å²) < 4.78 is 15.6. The molecule has 0 spiro atoms. The van der Waals surface area contributed by atoms with E-state index >= 15 is 0 Å². The average Bonchev–Trinajstić information content (AvgIpc) is 2.76. The van der Waals surface area contributed by atoms with Gasteiger partial charge in [-0.3, -0.25) is 16.0 Å². The molecule has 1 atom stereocenters. The van der Waals surface area contributed by atoms with E-state index in [9.17, 15) is 4.39 Å². The van der Waals surface area contributed by atoms with Crippen molar-refractivity contribution in [3.05, 3.63) is 46.2 Å². The number of nitrogens with one attached hydrogen (secondary N) is 1. The summed E-state index contributed by atoms with van der Waals surface area (Å²) in [6, 6.07) is 4.62. The van der Waals surface area contributed by atoms with Crippen LogP contribution in [-0.2, 0) is 13.5 Å². The highest BCUT2D eigenvalue weighted by Gasteiger charge is 2.17. The van der Waals surface area contributed by atoms with Gasteiger partial charge in [0.2, 0.25) is 0 Å². The molecule has 96 valence electrons. The van der Waals surface area contributed by atoms with E-state index in [1.54, 1.807) is 17.8 Å². The fourth-order valence-corrected chi connectivity index (χ4v) is 2.28. The predicted octanol–water partition coefficient (Wildman–Crippen LogP) is 1.46. The Balaban J connectivity index is 2.29. The minimum absolute atomic E-state index is 0.238. The minimum Gasteiger partial charge on any atom is -0.271 e. The highest BCUT2D eigenvalue weighted by Crippen LogP contribution is 2.27. The van der Waals surface area contributed by atoms with Gasteiger partial charge in [-0.05, 0) is 27.6 Å². The lowest BCUT2D eigenvalue weighted by molar-refractivity contribution is 0.515. The van der Waals surface area contributed by atoms with E-state index in [4.69, 9.17) is 5.84 Å². The quantitative estimate of drug-likeness (QED) is 0.662. The van der Waals surface area contributed by atoms with E-state index < -0.39 is 0 Å². The highest BCUT2D eigenvalue weighted by atomic mass is 79.9. The van der Waals surface area contributed by atoms with Crippen LogP contribution in [0, 0.1) is 5.82 Å². The van der Waals surface area contributed by atoms with E-state index in [1.165, 1.54) is 12.4 Å². The Labute approximate surface area is 112 Å². The van der Waals surface area contributed by atoms with Crippen molar-refractivity contribution in [1.82, 2.24) is 20.2 Å². The molecule has 1 aromatic heterocycles. The molecule has 0 fully saturated rings. The van der Waals surface area contributed by atoms with Crippen LogP contribution in [0.25, 0.3) is 0 Å². The SMILES string of the molecule is Cn1ncnc1CC(NN)c1cccc(F)c1Br. The van der Waals surface area contributed by atoms with Crippen molar-refractivity contribution in [1.29, 1.82) is 0 Å². The molecule has 0 aliphatic heterocycles. The zero-order valence-electron chi connectivity index (χ0n) is 9.77. The molecule has 7 heteroatoms. The van der Waals surface area contributed by atoms with Gasteiger partial charge in [-0.15, -0.1) is 0 Å². The van der Waals surface area contributed by atoms with Crippen molar-refractivity contribution in [2.75, 3.05) is 0 Å². The second kappa shape index (κ2) is 5.55. The summed E-state index contributed by atoms with van der Waals surface area (Å²) in [4.78, 5) is 4.13. The van der Waals surface area contributed by atoms with Crippen molar-refractivity contribution in [3.8, 4) is 0 Å². The molecule has 0 aliphatic carbocycles. The predicted molar refractivity (Wildman–Crippen MR) is 68.9 cm³/mol. The summed E-state index contributed by atoms with van der Waals surface area (Å²) in [5, 5.41) is 3.99. The lowest BCUT2D eigenvalue weighted by Crippen LogP contribution is -2.30. The maximum absolute atomic E-state index is 13.5. The monoisotopic (exact) mass is 313 g/mol. The van der Waals surface area contributed by atoms with Crippen molar-refractivity contribution in [3.63, 3.8) is 0 Å². The molecule has 0 saturated heterocycles. The number of hydrazine groups is 1. The van der Waals surface area contributed by atoms with Crippen LogP contribution in [0.15, 0.2) is 29.0 Å². The largest absolute Gasteiger partial charge is 0.271 e. The molecule has 2 aromatic rings. The molecule has 1 aromatic carbocycles. The molecule has 0 radical (unpaired) electrons. The fraction of sp³-hybridized carbons (Fsp3) is 0.273. The summed E-state index contributed by atoms with van der Waals surface area (Å²) in [5.41, 5.74) is 3.42. The Kier molecular flexibility index (Phi) is 4.05. The molecule has 18 heavy (non-hydrogen) atoms. The lowest BCUT2D eigenvalue weighted by Gasteiger charge is -2.17. The molecule has 1 unspecified atom stereocenters. The first kappa shape index (κ1) is 13.1. The third-order valence-corrected chi connectivity index (χ3v) is 3.59. The molecule has 3 N–H and O–H groups in total. The Hall–Kier alpha value is -1.31. The number of rotatable bonds is 4. The topological polar surface area (TPSA) is 68.8 Å². The number of aryl methyl sites for hydroxylation is 1. The van der Waals surface area contributed by atoms with Crippen LogP contribution >= 0.6 is 15.9 Å². The summed E-state index contributed by atoms with van der Waals surface area (Å²) in [6.45, 7) is 0. The van der Waals surface area contributed by atoms with Crippen molar-refractivity contribution < 1.29 is 4.39 Å². The van der Waals surface area contributed by atoms with Gasteiger partial charge in [0.1, 0.15) is 18.0 Å². The van der Waals surface area contributed by atoms with Crippen LogP contribution in [0.5, 0.6) is 0 Å². The van der Waals surface area contributed by atoms with Gasteiger partial charge in [0.25, 0.3) is 0 Å². The maximum Gasteiger partial charge on any atom is 0.138 e. The van der Waals surface area contributed by atoms with Crippen LogP contribution in [0.1, 0.15) is 17.4 Å². The first-order valence-electron chi connectivity index (χ1n) is 5.36. The number of hydrogen-bond donors (Lipinski definition) is 2. The molecule has 5 nitrogen and oxygen atoms in total. The standard InChI is InChI=1S/C11H13BrFN5/c1-18-10(15-6-16-18)5-9(17-14)7-3-2-4-8(13)11(7)12/h2-4,6,9,17H,5,14H2,1H3. The molecule has 0 bridgehead atoms. The van der Waals surface area contributed by atoms with Crippen LogP contribution < -0.4 is 11.3 Å². The van der Waals surface area contributed by atoms with Gasteiger partial charge in [0.15, 0.2) is 0 Å². The zero-order valence-corrected chi connectivity index (χ0v) is 11.4. The maximum atomic E-state index is 13.5. The molecule has 0 amide bonds. The fourth-order valence-electron chi connectivity index (χ4n) is 1.74. The highest BCUT2D eigenvalue weighted by molar-refractivity contribution is 9.10. The Bertz CT molecular complexity index is 542. The number of aromatic nitrogens is 3. The van der Waals surface area contributed by atoms with Gasteiger partial charge < -0.3 is 0 Å². The second-order valence-electron chi connectivity index (χ2n) is 3.87. The Morgan fingerprint density at radius 2 is 2.33 bits per heavy atom. The molecule has 0 aliphatic rings. The van der Waals surface area contributed by atoms with Gasteiger partial charge >= 0.3 is 0 Å². The third kappa shape index (κ3) is 2.58. The van der Waals surface area contributed by atoms with E-state index in [-0.39, 0.29) is 11.9 Å². The molecular weight excluding hydrogens is 301 g/mol. The van der Waals surface area contributed by atoms with Gasteiger partial charge in [0, 0.05) is 13.5 Å². The molecule has 2 rings (SSSR count). The average molecular weight is 314 g/mol. The third-order valence-electron chi connectivity index (χ3n) is 2.75. The summed E-state index contributed by atoms with van der Waals surface area (Å²) in [7, 11) is 1.80. The first-order valence-corrected chi connectivity index (χ1v) is 6.15. The van der Waals surface area contributed by atoms with Crippen LogP contribution in [0.3, 0.4) is 0 Å². The van der Waals surface area contributed by atoms with Crippen LogP contribution in [-0.4, -0.2) is 14.8 Å². The van der Waals surface area contributed by atoms with Gasteiger partial charge in [0.05, 0.1) is 10.5 Å². The molecular formula is C11H13BrFN5. The van der Waals surface area contributed by atoms with Gasteiger partial charge in [-0.25, -0.2) is 9.37 Å². The van der Waals surface area contributed by atoms with Gasteiger partial charge in [-0.2, -0.15) is 5.10 Å². The van der Waals surface area contributed by atoms with E-state index in [2.05, 4.69) is 31.4 Å². The number of nitrogens with two attached hydrogens (primary N) is 1. The van der Waals surface area contributed by atoms with E-state index in [0.717, 1.165) is 11.4 Å². The van der Waals surface area contributed by atoms with E-state index in [0.29, 0.717) is 10.9 Å². The van der Waals surface area contributed by atoms with Gasteiger partial charge in [-0.1, -0.05) is 12.1 Å². The van der Waals surface area contributed by atoms with Crippen molar-refractivity contribution >= 4 is 15.9 Å². The van der Waals surface area contributed by atoms with E-state index in [1.807, 2.05) is 6.07 Å². The first-order chi connectivity index (χ1) is 8.63. The second-order valence-corrected chi connectivity index (χ2v) is 4.66. The Morgan fingerprint density at radius 1 is 1.56 bits per heavy atom. The molecule has 1 heterocycles. The Morgan fingerprint density at radius 3 is 2.94 bits per heavy atom. The minimum atomic E-state index is -0.314. The normalized spacial score (nSPS) is 12.7. The number of halogens is 2. The van der Waals surface area contributed by atoms with Crippen LogP contribution in [0.4, 0.5) is 4.39 Å². The molecule has 0 saturated carbocycles. The van der Waals surface area contributed by atoms with Crippen molar-refractivity contribution in [2.24, 2.45) is 12.9 Å². The number of hydrogen-bond acceptors (Lipinski definition) is 4.